The molecule has 3 unspecified atom stereocenters. The van der Waals surface area contributed by atoms with Crippen LogP contribution in [0.5, 0.6) is 0 Å². The van der Waals surface area contributed by atoms with Gasteiger partial charge in [0.1, 0.15) is 19.3 Å². The maximum Gasteiger partial charge on any atom is 0.472 e. The van der Waals surface area contributed by atoms with Crippen LogP contribution in [0.3, 0.4) is 0 Å². The highest BCUT2D eigenvalue weighted by atomic mass is 31.2. The van der Waals surface area contributed by atoms with Gasteiger partial charge in [0.25, 0.3) is 0 Å². The van der Waals surface area contributed by atoms with Crippen molar-refractivity contribution in [3.63, 3.8) is 0 Å². The fourth-order valence-corrected chi connectivity index (χ4v) is 11.2. The SMILES string of the molecule is CCCCCCCCCCCC(=O)OC[C@H](COP(=O)(O)OC[C@H](O)COP(=O)(O)OC[C@@H](COC(=O)CCCCCCCCCCC(C)C)OC(=O)CCCCCCCCCCCCC(C)CC)OC(=O)CCCCCCCCCC(C)C. The van der Waals surface area contributed by atoms with Gasteiger partial charge in [-0.15, -0.1) is 0 Å². The lowest BCUT2D eigenvalue weighted by Crippen LogP contribution is -2.30. The van der Waals surface area contributed by atoms with Crippen molar-refractivity contribution in [2.45, 2.75) is 336 Å². The average Bonchev–Trinajstić information content (AvgIpc) is 3.58. The maximum atomic E-state index is 13.0. The van der Waals surface area contributed by atoms with E-state index in [4.69, 9.17) is 37.0 Å². The van der Waals surface area contributed by atoms with Gasteiger partial charge in [0.15, 0.2) is 12.2 Å². The van der Waals surface area contributed by atoms with Gasteiger partial charge in [0.05, 0.1) is 26.4 Å². The number of aliphatic hydroxyl groups is 1. The number of ether oxygens (including phenoxy) is 4. The molecule has 0 aromatic carbocycles. The summed E-state index contributed by atoms with van der Waals surface area (Å²) in [4.78, 5) is 72.2. The normalized spacial score (nSPS) is 14.7. The van der Waals surface area contributed by atoms with Crippen molar-refractivity contribution in [1.29, 1.82) is 0 Å². The van der Waals surface area contributed by atoms with Crippen molar-refractivity contribution in [3.05, 3.63) is 0 Å². The molecule has 17 nitrogen and oxygen atoms in total. The predicted octanol–water partition coefficient (Wildman–Crippen LogP) is 17.9. The van der Waals surface area contributed by atoms with E-state index in [2.05, 4.69) is 48.5 Å². The molecule has 3 N–H and O–H groups in total. The van der Waals surface area contributed by atoms with Crippen LogP contribution in [0.1, 0.15) is 318 Å². The highest BCUT2D eigenvalue weighted by Gasteiger charge is 2.30. The van der Waals surface area contributed by atoms with E-state index in [0.717, 1.165) is 102 Å². The third-order valence-corrected chi connectivity index (χ3v) is 17.1. The summed E-state index contributed by atoms with van der Waals surface area (Å²) in [6.45, 7) is 11.7. The molecule has 0 saturated carbocycles. The number of carbonyl (C=O) groups excluding carboxylic acids is 4. The molecule has 0 aliphatic heterocycles. The second kappa shape index (κ2) is 56.3. The Morgan fingerprint density at radius 1 is 0.345 bits per heavy atom. The molecule has 0 radical (unpaired) electrons. The number of phosphoric acid groups is 2. The minimum absolute atomic E-state index is 0.103. The van der Waals surface area contributed by atoms with Gasteiger partial charge in [-0.25, -0.2) is 9.13 Å². The third kappa shape index (κ3) is 57.8. The first kappa shape index (κ1) is 82.1. The summed E-state index contributed by atoms with van der Waals surface area (Å²) in [7, 11) is -9.89. The quantitative estimate of drug-likeness (QED) is 0.0222. The molecule has 0 spiro atoms. The Kier molecular flexibility index (Phi) is 55.0. The Balaban J connectivity index is 5.25. The molecule has 0 aromatic rings. The van der Waals surface area contributed by atoms with E-state index in [9.17, 15) is 43.2 Å². The molecule has 498 valence electrons. The zero-order valence-electron chi connectivity index (χ0n) is 54.4. The van der Waals surface area contributed by atoms with Crippen molar-refractivity contribution < 1.29 is 80.2 Å². The molecular formula is C65H126O17P2. The van der Waals surface area contributed by atoms with E-state index >= 15 is 0 Å². The molecule has 6 atom stereocenters. The first-order chi connectivity index (χ1) is 40.3. The van der Waals surface area contributed by atoms with Crippen LogP contribution in [0.4, 0.5) is 0 Å². The molecule has 0 bridgehead atoms. The Hall–Kier alpha value is -1.94. The minimum atomic E-state index is -4.95. The van der Waals surface area contributed by atoms with E-state index in [-0.39, 0.29) is 25.7 Å². The Morgan fingerprint density at radius 2 is 0.607 bits per heavy atom. The van der Waals surface area contributed by atoms with Gasteiger partial charge in [0.2, 0.25) is 0 Å². The Bertz CT molecular complexity index is 1670. The summed E-state index contributed by atoms with van der Waals surface area (Å²) in [5.41, 5.74) is 0. The first-order valence-corrected chi connectivity index (χ1v) is 36.9. The van der Waals surface area contributed by atoms with Crippen LogP contribution < -0.4 is 0 Å². The lowest BCUT2D eigenvalue weighted by atomic mass is 9.99. The summed E-state index contributed by atoms with van der Waals surface area (Å²) in [6.07, 6.45) is 37.6. The second-order valence-corrected chi connectivity index (χ2v) is 27.6. The summed E-state index contributed by atoms with van der Waals surface area (Å²) in [5.74, 6) is 0.0880. The van der Waals surface area contributed by atoms with Gasteiger partial charge in [-0.05, 0) is 43.4 Å². The van der Waals surface area contributed by atoms with E-state index in [1.54, 1.807) is 0 Å². The zero-order chi connectivity index (χ0) is 62.4. The predicted molar refractivity (Wildman–Crippen MR) is 335 cm³/mol. The van der Waals surface area contributed by atoms with Gasteiger partial charge in [-0.2, -0.15) is 0 Å². The van der Waals surface area contributed by atoms with Gasteiger partial charge in [-0.3, -0.25) is 37.3 Å². The summed E-state index contributed by atoms with van der Waals surface area (Å²) in [6, 6.07) is 0. The zero-order valence-corrected chi connectivity index (χ0v) is 56.1. The van der Waals surface area contributed by atoms with Crippen LogP contribution in [0, 0.1) is 17.8 Å². The van der Waals surface area contributed by atoms with Crippen molar-refractivity contribution in [1.82, 2.24) is 0 Å². The van der Waals surface area contributed by atoms with Crippen molar-refractivity contribution >= 4 is 39.5 Å². The number of phosphoric ester groups is 2. The van der Waals surface area contributed by atoms with Crippen molar-refractivity contribution in [3.8, 4) is 0 Å². The van der Waals surface area contributed by atoms with Crippen LogP contribution in [-0.2, 0) is 65.4 Å². The number of hydrogen-bond donors (Lipinski definition) is 3. The van der Waals surface area contributed by atoms with Crippen LogP contribution >= 0.6 is 15.6 Å². The molecule has 0 rings (SSSR count). The monoisotopic (exact) mass is 1240 g/mol. The van der Waals surface area contributed by atoms with Gasteiger partial charge in [0, 0.05) is 25.7 Å². The molecule has 0 aromatic heterocycles. The molecule has 19 heteroatoms. The van der Waals surface area contributed by atoms with Crippen molar-refractivity contribution in [2.24, 2.45) is 17.8 Å². The largest absolute Gasteiger partial charge is 0.472 e. The smallest absolute Gasteiger partial charge is 0.462 e. The minimum Gasteiger partial charge on any atom is -0.462 e. The lowest BCUT2D eigenvalue weighted by Gasteiger charge is -2.21. The van der Waals surface area contributed by atoms with Crippen molar-refractivity contribution in [2.75, 3.05) is 39.6 Å². The van der Waals surface area contributed by atoms with E-state index in [0.29, 0.717) is 31.6 Å². The Morgan fingerprint density at radius 3 is 0.905 bits per heavy atom. The second-order valence-electron chi connectivity index (χ2n) is 24.7. The van der Waals surface area contributed by atoms with Crippen LogP contribution in [0.25, 0.3) is 0 Å². The first-order valence-electron chi connectivity index (χ1n) is 33.9. The standard InChI is InChI=1S/C65H126O17P2/c1-8-10-11-12-13-16-25-32-39-46-62(67)75-53-61(82-65(70)49-42-35-28-21-23-30-37-44-57(5)6)55-80-84(73,74)78-51-59(66)50-77-83(71,72)79-54-60(52-76-63(68)47-40-33-26-20-19-22-29-36-43-56(3)4)81-64(69)48-41-34-27-18-15-14-17-24-31-38-45-58(7)9-2/h56-61,66H,8-55H2,1-7H3,(H,71,72)(H,73,74)/t58?,59-,60-,61-/m1/s1. The van der Waals surface area contributed by atoms with Crippen LogP contribution in [0.2, 0.25) is 0 Å². The van der Waals surface area contributed by atoms with Crippen LogP contribution in [-0.4, -0.2) is 96.7 Å². The molecule has 0 aliphatic rings. The molecule has 0 amide bonds. The van der Waals surface area contributed by atoms with Gasteiger partial charge in [-0.1, -0.05) is 267 Å². The number of hydrogen-bond acceptors (Lipinski definition) is 15. The van der Waals surface area contributed by atoms with E-state index < -0.39 is 97.5 Å². The molecule has 0 heterocycles. The highest BCUT2D eigenvalue weighted by Crippen LogP contribution is 2.45. The summed E-state index contributed by atoms with van der Waals surface area (Å²) >= 11 is 0. The number of unbranched alkanes of at least 4 members (excludes halogenated alkanes) is 30. The van der Waals surface area contributed by atoms with Gasteiger partial charge < -0.3 is 33.8 Å². The molecular weight excluding hydrogens is 1110 g/mol. The average molecular weight is 1240 g/mol. The summed E-state index contributed by atoms with van der Waals surface area (Å²) in [5, 5.41) is 10.5. The fourth-order valence-electron chi connectivity index (χ4n) is 9.62. The molecule has 84 heavy (non-hydrogen) atoms. The number of carbonyl (C=O) groups is 4. The fraction of sp³-hybridized carbons (Fsp3) is 0.938. The number of esters is 4. The molecule has 0 saturated heterocycles. The van der Waals surface area contributed by atoms with E-state index in [1.807, 2.05) is 0 Å². The van der Waals surface area contributed by atoms with Crippen LogP contribution in [0.15, 0.2) is 0 Å². The maximum absolute atomic E-state index is 13.0. The molecule has 0 fully saturated rings. The van der Waals surface area contributed by atoms with E-state index in [1.165, 1.54) is 128 Å². The molecule has 0 aliphatic carbocycles. The third-order valence-electron chi connectivity index (χ3n) is 15.2. The lowest BCUT2D eigenvalue weighted by molar-refractivity contribution is -0.161. The highest BCUT2D eigenvalue weighted by molar-refractivity contribution is 7.47. The number of aliphatic hydroxyl groups excluding tert-OH is 1. The summed E-state index contributed by atoms with van der Waals surface area (Å²) < 4.78 is 68.0. The number of rotatable bonds is 63. The Labute approximate surface area is 511 Å². The topological polar surface area (TPSA) is 237 Å². The van der Waals surface area contributed by atoms with Gasteiger partial charge >= 0.3 is 39.5 Å².